The fraction of sp³-hybridized carbons (Fsp3) is 0.643. The minimum absolute atomic E-state index is 0.0727. The van der Waals surface area contributed by atoms with E-state index in [0.29, 0.717) is 32.1 Å². The maximum absolute atomic E-state index is 11.2. The molecule has 19 heavy (non-hydrogen) atoms. The van der Waals surface area contributed by atoms with Gasteiger partial charge < -0.3 is 9.84 Å². The van der Waals surface area contributed by atoms with Crippen LogP contribution in [0.2, 0.25) is 0 Å². The first-order chi connectivity index (χ1) is 9.16. The first-order valence-corrected chi connectivity index (χ1v) is 6.37. The van der Waals surface area contributed by atoms with E-state index >= 15 is 0 Å². The molecule has 0 amide bonds. The van der Waals surface area contributed by atoms with E-state index in [2.05, 4.69) is 11.8 Å². The molecule has 0 aliphatic carbocycles. The molecule has 0 aliphatic heterocycles. The molecule has 0 aliphatic rings. The van der Waals surface area contributed by atoms with E-state index in [1.54, 1.807) is 0 Å². The van der Waals surface area contributed by atoms with E-state index < -0.39 is 5.97 Å². The molecule has 1 N–H and O–H groups in total. The highest BCUT2D eigenvalue weighted by Crippen LogP contribution is 2.06. The predicted molar refractivity (Wildman–Crippen MR) is 68.9 cm³/mol. The highest BCUT2D eigenvalue weighted by Gasteiger charge is 2.02. The Kier molecular flexibility index (Phi) is 11.1. The summed E-state index contributed by atoms with van der Waals surface area (Å²) >= 11 is 0. The fourth-order valence-corrected chi connectivity index (χ4v) is 1.35. The highest BCUT2D eigenvalue weighted by atomic mass is 16.5. The van der Waals surface area contributed by atoms with Gasteiger partial charge in [-0.3, -0.25) is 9.59 Å². The van der Waals surface area contributed by atoms with Crippen LogP contribution in [0.3, 0.4) is 0 Å². The summed E-state index contributed by atoms with van der Waals surface area (Å²) in [6, 6.07) is 1.97. The van der Waals surface area contributed by atoms with E-state index in [-0.39, 0.29) is 19.0 Å². The minimum atomic E-state index is -0.783. The molecule has 0 saturated carbocycles. The van der Waals surface area contributed by atoms with Crippen LogP contribution in [0.1, 0.15) is 51.4 Å². The van der Waals surface area contributed by atoms with E-state index in [9.17, 15) is 9.59 Å². The van der Waals surface area contributed by atoms with Crippen molar-refractivity contribution in [2.75, 3.05) is 6.61 Å². The zero-order chi connectivity index (χ0) is 14.3. The molecule has 5 nitrogen and oxygen atoms in total. The third-order valence-electron chi connectivity index (χ3n) is 2.31. The van der Waals surface area contributed by atoms with Gasteiger partial charge >= 0.3 is 11.9 Å². The Bertz CT molecular complexity index is 373. The summed E-state index contributed by atoms with van der Waals surface area (Å²) in [5, 5.41) is 16.7. The molecule has 0 rings (SSSR count). The van der Waals surface area contributed by atoms with Gasteiger partial charge in [0.1, 0.15) is 0 Å². The average molecular weight is 265 g/mol. The van der Waals surface area contributed by atoms with E-state index in [1.165, 1.54) is 0 Å². The zero-order valence-corrected chi connectivity index (χ0v) is 11.0. The quantitative estimate of drug-likeness (QED) is 0.392. The van der Waals surface area contributed by atoms with Crippen molar-refractivity contribution in [3.63, 3.8) is 0 Å². The number of unbranched alkanes of at least 4 members (excludes halogenated alkanes) is 4. The second kappa shape index (κ2) is 12.4. The number of ether oxygens (including phenoxy) is 1. The highest BCUT2D eigenvalue weighted by molar-refractivity contribution is 5.69. The van der Waals surface area contributed by atoms with Crippen molar-refractivity contribution in [3.8, 4) is 17.9 Å². The molecule has 0 unspecified atom stereocenters. The van der Waals surface area contributed by atoms with Crippen molar-refractivity contribution in [2.45, 2.75) is 51.4 Å². The first kappa shape index (κ1) is 17.0. The van der Waals surface area contributed by atoms with Crippen molar-refractivity contribution in [3.05, 3.63) is 0 Å². The number of hydrogen-bond donors (Lipinski definition) is 1. The predicted octanol–water partition coefficient (Wildman–Crippen LogP) is 2.26. The van der Waals surface area contributed by atoms with Crippen molar-refractivity contribution < 1.29 is 19.4 Å². The molecule has 104 valence electrons. The van der Waals surface area contributed by atoms with Crippen LogP contribution < -0.4 is 0 Å². The standard InChI is InChI=1S/C14H19NO4/c15-11-7-3-4-8-12-19-14(18)10-6-2-1-5-9-13(16)17/h1-3,5-7,9-10,12H2,(H,16,17). The summed E-state index contributed by atoms with van der Waals surface area (Å²) < 4.78 is 4.88. The van der Waals surface area contributed by atoms with Crippen LogP contribution in [-0.4, -0.2) is 23.7 Å². The number of hydrogen-bond acceptors (Lipinski definition) is 4. The molecule has 5 heteroatoms. The molecule has 0 atom stereocenters. The Labute approximate surface area is 113 Å². The second-order valence-corrected chi connectivity index (χ2v) is 3.98. The molecule has 0 fully saturated rings. The summed E-state index contributed by atoms with van der Waals surface area (Å²) in [5.41, 5.74) is 0. The fourth-order valence-electron chi connectivity index (χ4n) is 1.35. The summed E-state index contributed by atoms with van der Waals surface area (Å²) in [6.45, 7) is 0.0727. The third-order valence-corrected chi connectivity index (χ3v) is 2.31. The lowest BCUT2D eigenvalue weighted by atomic mass is 10.1. The van der Waals surface area contributed by atoms with Crippen LogP contribution in [0.4, 0.5) is 0 Å². The van der Waals surface area contributed by atoms with Gasteiger partial charge in [0.15, 0.2) is 6.61 Å². The molecular formula is C14H19NO4. The zero-order valence-electron chi connectivity index (χ0n) is 11.0. The van der Waals surface area contributed by atoms with Crippen molar-refractivity contribution in [2.24, 2.45) is 0 Å². The lowest BCUT2D eigenvalue weighted by Crippen LogP contribution is -2.04. The van der Waals surface area contributed by atoms with Crippen molar-refractivity contribution >= 4 is 11.9 Å². The molecule has 0 aromatic heterocycles. The largest absolute Gasteiger partial charge is 0.481 e. The van der Waals surface area contributed by atoms with Gasteiger partial charge in [0.25, 0.3) is 0 Å². The second-order valence-electron chi connectivity index (χ2n) is 3.98. The van der Waals surface area contributed by atoms with Gasteiger partial charge in [-0.2, -0.15) is 5.26 Å². The Balaban J connectivity index is 3.37. The van der Waals surface area contributed by atoms with Crippen LogP contribution in [0.25, 0.3) is 0 Å². The summed E-state index contributed by atoms with van der Waals surface area (Å²) in [6.07, 6.45) is 4.41. The van der Waals surface area contributed by atoms with E-state index in [4.69, 9.17) is 15.1 Å². The number of carboxylic acids is 1. The molecule has 0 aromatic carbocycles. The normalized spacial score (nSPS) is 9.00. The molecule has 0 aromatic rings. The Hall–Kier alpha value is -2.01. The van der Waals surface area contributed by atoms with E-state index in [0.717, 1.165) is 12.8 Å². The van der Waals surface area contributed by atoms with Gasteiger partial charge in [0.2, 0.25) is 0 Å². The summed E-state index contributed by atoms with van der Waals surface area (Å²) in [7, 11) is 0. The Morgan fingerprint density at radius 2 is 1.68 bits per heavy atom. The van der Waals surface area contributed by atoms with Crippen LogP contribution in [0.5, 0.6) is 0 Å². The average Bonchev–Trinajstić information content (AvgIpc) is 2.37. The van der Waals surface area contributed by atoms with Crippen LogP contribution >= 0.6 is 0 Å². The van der Waals surface area contributed by atoms with Gasteiger partial charge in [-0.25, -0.2) is 0 Å². The number of rotatable bonds is 9. The molecule has 0 radical (unpaired) electrons. The van der Waals surface area contributed by atoms with E-state index in [1.807, 2.05) is 6.07 Å². The molecule has 0 saturated heterocycles. The van der Waals surface area contributed by atoms with Gasteiger partial charge in [0, 0.05) is 25.7 Å². The minimum Gasteiger partial charge on any atom is -0.481 e. The Morgan fingerprint density at radius 3 is 2.32 bits per heavy atom. The monoisotopic (exact) mass is 265 g/mol. The van der Waals surface area contributed by atoms with Gasteiger partial charge in [-0.05, 0) is 12.8 Å². The number of carbonyl (C=O) groups excluding carboxylic acids is 1. The number of carbonyl (C=O) groups is 2. The van der Waals surface area contributed by atoms with Gasteiger partial charge in [-0.1, -0.05) is 24.7 Å². The maximum atomic E-state index is 11.2. The summed E-state index contributed by atoms with van der Waals surface area (Å²) in [4.78, 5) is 21.5. The van der Waals surface area contributed by atoms with Crippen LogP contribution in [0, 0.1) is 23.2 Å². The number of nitriles is 1. The molecule has 0 spiro atoms. The van der Waals surface area contributed by atoms with Crippen molar-refractivity contribution in [1.29, 1.82) is 5.26 Å². The molecule has 0 bridgehead atoms. The smallest absolute Gasteiger partial charge is 0.306 e. The number of nitrogens with zero attached hydrogens (tertiary/aromatic N) is 1. The molecule has 0 heterocycles. The number of esters is 1. The molecular weight excluding hydrogens is 246 g/mol. The lowest BCUT2D eigenvalue weighted by molar-refractivity contribution is -0.142. The van der Waals surface area contributed by atoms with Crippen molar-refractivity contribution in [1.82, 2.24) is 0 Å². The van der Waals surface area contributed by atoms with Crippen LogP contribution in [-0.2, 0) is 14.3 Å². The number of aliphatic carboxylic acids is 1. The first-order valence-electron chi connectivity index (χ1n) is 6.37. The maximum Gasteiger partial charge on any atom is 0.306 e. The number of carboxylic acid groups (broad SMARTS) is 1. The van der Waals surface area contributed by atoms with Gasteiger partial charge in [0.05, 0.1) is 6.07 Å². The SMILES string of the molecule is N#CCCC#CCOC(=O)CCCCCCC(=O)O. The van der Waals surface area contributed by atoms with Crippen LogP contribution in [0.15, 0.2) is 0 Å². The summed E-state index contributed by atoms with van der Waals surface area (Å²) in [5.74, 6) is 4.33. The Morgan fingerprint density at radius 1 is 1.00 bits per heavy atom. The topological polar surface area (TPSA) is 87.4 Å². The van der Waals surface area contributed by atoms with Gasteiger partial charge in [-0.15, -0.1) is 0 Å². The lowest BCUT2D eigenvalue weighted by Gasteiger charge is -2.01. The third kappa shape index (κ3) is 13.9.